The number of hydrogen-bond acceptors (Lipinski definition) is 5. The maximum absolute atomic E-state index is 12.4. The van der Waals surface area contributed by atoms with Gasteiger partial charge in [-0.05, 0) is 19.1 Å². The molecule has 1 unspecified atom stereocenters. The zero-order valence-corrected chi connectivity index (χ0v) is 12.7. The van der Waals surface area contributed by atoms with Crippen LogP contribution in [0.3, 0.4) is 0 Å². The molecule has 2 heterocycles. The van der Waals surface area contributed by atoms with Gasteiger partial charge >= 0.3 is 0 Å². The molecule has 0 fully saturated rings. The van der Waals surface area contributed by atoms with E-state index >= 15 is 0 Å². The number of nitrogens with zero attached hydrogens (tertiary/aromatic N) is 2. The van der Waals surface area contributed by atoms with Crippen LogP contribution in [0, 0.1) is 0 Å². The second kappa shape index (κ2) is 6.39. The molecule has 0 aliphatic heterocycles. The first-order valence-electron chi connectivity index (χ1n) is 6.92. The Morgan fingerprint density at radius 1 is 1.33 bits per heavy atom. The highest BCUT2D eigenvalue weighted by Crippen LogP contribution is 2.18. The molecule has 0 saturated carbocycles. The predicted molar refractivity (Wildman–Crippen MR) is 80.3 cm³/mol. The van der Waals surface area contributed by atoms with E-state index in [0.29, 0.717) is 23.0 Å². The molecule has 0 spiro atoms. The third kappa shape index (κ3) is 3.39. The summed E-state index contributed by atoms with van der Waals surface area (Å²) in [6.07, 6.45) is 3.22. The number of anilines is 1. The van der Waals surface area contributed by atoms with Crippen molar-refractivity contribution >= 4 is 11.6 Å². The summed E-state index contributed by atoms with van der Waals surface area (Å²) < 4.78 is 5.29. The van der Waals surface area contributed by atoms with Gasteiger partial charge in [0.2, 0.25) is 0 Å². The van der Waals surface area contributed by atoms with E-state index in [1.165, 1.54) is 0 Å². The average Bonchev–Trinajstić information content (AvgIpc) is 3.00. The first-order valence-corrected chi connectivity index (χ1v) is 6.92. The molecule has 0 aromatic carbocycles. The van der Waals surface area contributed by atoms with Gasteiger partial charge in [0.1, 0.15) is 11.6 Å². The normalized spacial score (nSPS) is 12.2. The zero-order chi connectivity index (χ0) is 15.4. The van der Waals surface area contributed by atoms with Crippen molar-refractivity contribution in [3.63, 3.8) is 0 Å². The highest BCUT2D eigenvalue weighted by molar-refractivity contribution is 5.97. The van der Waals surface area contributed by atoms with E-state index in [4.69, 9.17) is 4.42 Å². The summed E-state index contributed by atoms with van der Waals surface area (Å²) in [6, 6.07) is 3.39. The Bertz CT molecular complexity index is 608. The molecule has 2 N–H and O–H groups in total. The van der Waals surface area contributed by atoms with Crippen molar-refractivity contribution in [3.05, 3.63) is 41.9 Å². The molecule has 0 radical (unpaired) electrons. The van der Waals surface area contributed by atoms with Crippen molar-refractivity contribution in [3.8, 4) is 0 Å². The van der Waals surface area contributed by atoms with Gasteiger partial charge in [-0.25, -0.2) is 9.97 Å². The van der Waals surface area contributed by atoms with Gasteiger partial charge in [0.25, 0.3) is 5.91 Å². The number of nitrogens with one attached hydrogen (secondary N) is 2. The first kappa shape index (κ1) is 15.0. The molecule has 1 amide bonds. The molecule has 2 aromatic rings. The molecular weight excluding hydrogens is 268 g/mol. The monoisotopic (exact) mass is 288 g/mol. The second-order valence-electron chi connectivity index (χ2n) is 5.11. The van der Waals surface area contributed by atoms with Crippen LogP contribution >= 0.6 is 0 Å². The summed E-state index contributed by atoms with van der Waals surface area (Å²) in [5.74, 6) is 1.25. The summed E-state index contributed by atoms with van der Waals surface area (Å²) in [7, 11) is 1.74. The van der Waals surface area contributed by atoms with Gasteiger partial charge in [-0.1, -0.05) is 13.8 Å². The van der Waals surface area contributed by atoms with Crippen LogP contribution in [-0.2, 0) is 0 Å². The lowest BCUT2D eigenvalue weighted by atomic mass is 10.2. The lowest BCUT2D eigenvalue weighted by Gasteiger charge is -2.14. The molecule has 112 valence electrons. The highest BCUT2D eigenvalue weighted by Gasteiger charge is 2.19. The SMILES string of the molecule is CNc1cnc(C(C)C)nc1C(=O)NC(C)c1ccco1. The van der Waals surface area contributed by atoms with Crippen LogP contribution in [0.25, 0.3) is 0 Å². The topological polar surface area (TPSA) is 80.0 Å². The van der Waals surface area contributed by atoms with Crippen molar-refractivity contribution in [1.82, 2.24) is 15.3 Å². The van der Waals surface area contributed by atoms with Gasteiger partial charge in [0, 0.05) is 13.0 Å². The quantitative estimate of drug-likeness (QED) is 0.884. The minimum absolute atomic E-state index is 0.157. The van der Waals surface area contributed by atoms with E-state index in [-0.39, 0.29) is 17.9 Å². The first-order chi connectivity index (χ1) is 10.0. The third-order valence-electron chi connectivity index (χ3n) is 3.13. The van der Waals surface area contributed by atoms with Gasteiger partial charge in [-0.15, -0.1) is 0 Å². The molecular formula is C15H20N4O2. The van der Waals surface area contributed by atoms with Crippen LogP contribution in [0.15, 0.2) is 29.0 Å². The Hall–Kier alpha value is -2.37. The Morgan fingerprint density at radius 2 is 2.10 bits per heavy atom. The highest BCUT2D eigenvalue weighted by atomic mass is 16.3. The van der Waals surface area contributed by atoms with Gasteiger partial charge in [0.05, 0.1) is 24.2 Å². The van der Waals surface area contributed by atoms with E-state index in [1.54, 1.807) is 25.6 Å². The fourth-order valence-corrected chi connectivity index (χ4v) is 1.90. The van der Waals surface area contributed by atoms with E-state index in [2.05, 4.69) is 20.6 Å². The Kier molecular flexibility index (Phi) is 4.57. The van der Waals surface area contributed by atoms with Gasteiger partial charge in [0.15, 0.2) is 5.69 Å². The fraction of sp³-hybridized carbons (Fsp3) is 0.400. The number of amides is 1. The van der Waals surface area contributed by atoms with Crippen molar-refractivity contribution in [2.75, 3.05) is 12.4 Å². The number of carbonyl (C=O) groups excluding carboxylic acids is 1. The Morgan fingerprint density at radius 3 is 2.67 bits per heavy atom. The minimum Gasteiger partial charge on any atom is -0.467 e. The summed E-state index contributed by atoms with van der Waals surface area (Å²) >= 11 is 0. The van der Waals surface area contributed by atoms with E-state index < -0.39 is 0 Å². The summed E-state index contributed by atoms with van der Waals surface area (Å²) in [5.41, 5.74) is 0.943. The van der Waals surface area contributed by atoms with Crippen LogP contribution < -0.4 is 10.6 Å². The Balaban J connectivity index is 2.23. The van der Waals surface area contributed by atoms with Crippen LogP contribution in [-0.4, -0.2) is 22.9 Å². The van der Waals surface area contributed by atoms with Crippen LogP contribution in [0.1, 0.15) is 54.8 Å². The zero-order valence-electron chi connectivity index (χ0n) is 12.7. The number of furan rings is 1. The molecule has 2 rings (SSSR count). The van der Waals surface area contributed by atoms with Crippen molar-refractivity contribution in [2.45, 2.75) is 32.7 Å². The maximum atomic E-state index is 12.4. The van der Waals surface area contributed by atoms with Crippen LogP contribution in [0.5, 0.6) is 0 Å². The average molecular weight is 288 g/mol. The summed E-state index contributed by atoms with van der Waals surface area (Å²) in [4.78, 5) is 21.0. The standard InChI is InChI=1S/C15H20N4O2/c1-9(2)14-17-8-11(16-4)13(19-14)15(20)18-10(3)12-6-5-7-21-12/h5-10,16H,1-4H3,(H,18,20). The molecule has 6 nitrogen and oxygen atoms in total. The largest absolute Gasteiger partial charge is 0.467 e. The Labute approximate surface area is 124 Å². The molecule has 0 aliphatic rings. The third-order valence-corrected chi connectivity index (χ3v) is 3.13. The maximum Gasteiger partial charge on any atom is 0.272 e. The predicted octanol–water partition coefficient (Wildman–Crippen LogP) is 2.73. The van der Waals surface area contributed by atoms with Crippen LogP contribution in [0.4, 0.5) is 5.69 Å². The van der Waals surface area contributed by atoms with E-state index in [0.717, 1.165) is 0 Å². The molecule has 0 saturated heterocycles. The van der Waals surface area contributed by atoms with Crippen molar-refractivity contribution < 1.29 is 9.21 Å². The molecule has 0 aliphatic carbocycles. The summed E-state index contributed by atoms with van der Waals surface area (Å²) in [5, 5.41) is 5.82. The van der Waals surface area contributed by atoms with Gasteiger partial charge < -0.3 is 15.1 Å². The second-order valence-corrected chi connectivity index (χ2v) is 5.11. The van der Waals surface area contributed by atoms with E-state index in [9.17, 15) is 4.79 Å². The fourth-order valence-electron chi connectivity index (χ4n) is 1.90. The van der Waals surface area contributed by atoms with Crippen LogP contribution in [0.2, 0.25) is 0 Å². The number of rotatable bonds is 5. The van der Waals surface area contributed by atoms with Crippen molar-refractivity contribution in [1.29, 1.82) is 0 Å². The summed E-state index contributed by atoms with van der Waals surface area (Å²) in [6.45, 7) is 5.84. The molecule has 1 atom stereocenters. The smallest absolute Gasteiger partial charge is 0.272 e. The number of hydrogen-bond donors (Lipinski definition) is 2. The number of carbonyl (C=O) groups is 1. The number of aromatic nitrogens is 2. The van der Waals surface area contributed by atoms with Gasteiger partial charge in [-0.3, -0.25) is 4.79 Å². The lowest BCUT2D eigenvalue weighted by molar-refractivity contribution is 0.0930. The van der Waals surface area contributed by atoms with Crippen molar-refractivity contribution in [2.24, 2.45) is 0 Å². The van der Waals surface area contributed by atoms with Gasteiger partial charge in [-0.2, -0.15) is 0 Å². The molecule has 21 heavy (non-hydrogen) atoms. The molecule has 0 bridgehead atoms. The molecule has 2 aromatic heterocycles. The minimum atomic E-state index is -0.257. The molecule has 6 heteroatoms. The lowest BCUT2D eigenvalue weighted by Crippen LogP contribution is -2.28. The van der Waals surface area contributed by atoms with E-state index in [1.807, 2.05) is 26.8 Å².